The van der Waals surface area contributed by atoms with Gasteiger partial charge in [0.1, 0.15) is 5.75 Å². The highest BCUT2D eigenvalue weighted by Crippen LogP contribution is 2.26. The summed E-state index contributed by atoms with van der Waals surface area (Å²) in [5, 5.41) is 12.2. The molecule has 172 valence electrons. The highest BCUT2D eigenvalue weighted by atomic mass is 32.2. The number of anilines is 3. The standard InChI is InChI=1S/C25H22N4O2S3/c1-31-22-13-6-5-12-20(22)27-24(32)26-18-10-7-11-19(14-18)33-16-23(30)29-25-28-21(15-34-25)17-8-3-2-4-9-17/h2-15H,16H2,1H3,(H2,26,27,32)(H,28,29,30). The summed E-state index contributed by atoms with van der Waals surface area (Å²) < 4.78 is 5.34. The van der Waals surface area contributed by atoms with Gasteiger partial charge in [0, 0.05) is 21.5 Å². The number of rotatable bonds is 8. The maximum absolute atomic E-state index is 12.4. The Morgan fingerprint density at radius 2 is 1.79 bits per heavy atom. The Morgan fingerprint density at radius 3 is 2.62 bits per heavy atom. The number of amides is 1. The highest BCUT2D eigenvalue weighted by molar-refractivity contribution is 8.00. The second-order valence-electron chi connectivity index (χ2n) is 7.05. The third-order valence-electron chi connectivity index (χ3n) is 4.64. The summed E-state index contributed by atoms with van der Waals surface area (Å²) in [6.45, 7) is 0. The molecule has 0 atom stereocenters. The number of hydrogen-bond donors (Lipinski definition) is 3. The van der Waals surface area contributed by atoms with Gasteiger partial charge in [0.25, 0.3) is 0 Å². The first-order valence-electron chi connectivity index (χ1n) is 10.4. The van der Waals surface area contributed by atoms with Crippen LogP contribution in [0.1, 0.15) is 0 Å². The summed E-state index contributed by atoms with van der Waals surface area (Å²) >= 11 is 8.29. The van der Waals surface area contributed by atoms with Crippen molar-refractivity contribution >= 4 is 62.8 Å². The first kappa shape index (κ1) is 23.7. The molecule has 1 amide bonds. The SMILES string of the molecule is COc1ccccc1NC(=S)Nc1cccc(SCC(=O)Nc2nc(-c3ccccc3)cs2)c1. The number of methoxy groups -OCH3 is 1. The minimum atomic E-state index is -0.106. The maximum Gasteiger partial charge on any atom is 0.236 e. The molecule has 9 heteroatoms. The van der Waals surface area contributed by atoms with Crippen molar-refractivity contribution < 1.29 is 9.53 Å². The lowest BCUT2D eigenvalue weighted by molar-refractivity contribution is -0.113. The molecule has 0 aliphatic carbocycles. The molecule has 4 aromatic rings. The van der Waals surface area contributed by atoms with E-state index in [1.165, 1.54) is 23.1 Å². The van der Waals surface area contributed by atoms with Gasteiger partial charge in [-0.15, -0.1) is 23.1 Å². The van der Waals surface area contributed by atoms with Crippen molar-refractivity contribution in [2.75, 3.05) is 28.8 Å². The van der Waals surface area contributed by atoms with Gasteiger partial charge in [-0.05, 0) is 42.5 Å². The molecule has 6 nitrogen and oxygen atoms in total. The van der Waals surface area contributed by atoms with E-state index >= 15 is 0 Å². The molecule has 0 unspecified atom stereocenters. The summed E-state index contributed by atoms with van der Waals surface area (Å²) in [4.78, 5) is 17.9. The van der Waals surface area contributed by atoms with E-state index < -0.39 is 0 Å². The van der Waals surface area contributed by atoms with Gasteiger partial charge >= 0.3 is 0 Å². The average molecular weight is 507 g/mol. The third kappa shape index (κ3) is 6.57. The van der Waals surface area contributed by atoms with E-state index in [4.69, 9.17) is 17.0 Å². The van der Waals surface area contributed by atoms with Crippen LogP contribution in [0.25, 0.3) is 11.3 Å². The molecule has 4 rings (SSSR count). The lowest BCUT2D eigenvalue weighted by Gasteiger charge is -2.13. The molecule has 3 aromatic carbocycles. The zero-order chi connectivity index (χ0) is 23.8. The molecule has 0 aliphatic heterocycles. The van der Waals surface area contributed by atoms with Gasteiger partial charge in [-0.3, -0.25) is 4.79 Å². The molecule has 0 saturated heterocycles. The fraction of sp³-hybridized carbons (Fsp3) is 0.0800. The lowest BCUT2D eigenvalue weighted by atomic mass is 10.2. The quantitative estimate of drug-likeness (QED) is 0.190. The van der Waals surface area contributed by atoms with E-state index in [-0.39, 0.29) is 11.7 Å². The molecule has 1 heterocycles. The van der Waals surface area contributed by atoms with E-state index in [1.807, 2.05) is 84.2 Å². The van der Waals surface area contributed by atoms with Crippen molar-refractivity contribution in [2.24, 2.45) is 0 Å². The minimum absolute atomic E-state index is 0.106. The molecule has 0 bridgehead atoms. The van der Waals surface area contributed by atoms with E-state index in [0.29, 0.717) is 16.0 Å². The number of para-hydroxylation sites is 2. The fourth-order valence-corrected chi connectivity index (χ4v) is 4.79. The van der Waals surface area contributed by atoms with Crippen LogP contribution in [0.4, 0.5) is 16.5 Å². The van der Waals surface area contributed by atoms with Crippen molar-refractivity contribution in [3.8, 4) is 17.0 Å². The molecule has 0 radical (unpaired) electrons. The highest BCUT2D eigenvalue weighted by Gasteiger charge is 2.09. The lowest BCUT2D eigenvalue weighted by Crippen LogP contribution is -2.19. The largest absolute Gasteiger partial charge is 0.495 e. The third-order valence-corrected chi connectivity index (χ3v) is 6.59. The molecule has 0 saturated carbocycles. The summed E-state index contributed by atoms with van der Waals surface area (Å²) in [6.07, 6.45) is 0. The van der Waals surface area contributed by atoms with Crippen LogP contribution in [0, 0.1) is 0 Å². The van der Waals surface area contributed by atoms with Gasteiger partial charge in [0.05, 0.1) is 24.2 Å². The zero-order valence-corrected chi connectivity index (χ0v) is 20.7. The summed E-state index contributed by atoms with van der Waals surface area (Å²) in [5.74, 6) is 0.872. The van der Waals surface area contributed by atoms with Gasteiger partial charge in [0.15, 0.2) is 10.2 Å². The van der Waals surface area contributed by atoms with Crippen molar-refractivity contribution in [3.63, 3.8) is 0 Å². The predicted octanol–water partition coefficient (Wildman–Crippen LogP) is 6.36. The average Bonchev–Trinajstić information content (AvgIpc) is 3.32. The Kier molecular flexibility index (Phi) is 8.13. The van der Waals surface area contributed by atoms with Gasteiger partial charge in [-0.25, -0.2) is 4.98 Å². The number of thiazole rings is 1. The van der Waals surface area contributed by atoms with E-state index in [1.54, 1.807) is 7.11 Å². The normalized spacial score (nSPS) is 10.4. The topological polar surface area (TPSA) is 75.3 Å². The van der Waals surface area contributed by atoms with Crippen LogP contribution in [0.15, 0.2) is 89.1 Å². The van der Waals surface area contributed by atoms with E-state index in [9.17, 15) is 4.79 Å². The first-order chi connectivity index (χ1) is 16.6. The number of aromatic nitrogens is 1. The number of thiocarbonyl (C=S) groups is 1. The Labute approximate surface area is 211 Å². The predicted molar refractivity (Wildman–Crippen MR) is 146 cm³/mol. The van der Waals surface area contributed by atoms with Crippen molar-refractivity contribution in [1.29, 1.82) is 0 Å². The minimum Gasteiger partial charge on any atom is -0.495 e. The molecule has 0 aliphatic rings. The molecular formula is C25H22N4O2S3. The summed E-state index contributed by atoms with van der Waals surface area (Å²) in [5.41, 5.74) is 3.48. The molecule has 34 heavy (non-hydrogen) atoms. The Hall–Kier alpha value is -3.40. The van der Waals surface area contributed by atoms with Crippen LogP contribution in [0.3, 0.4) is 0 Å². The van der Waals surface area contributed by atoms with Crippen LogP contribution in [-0.2, 0) is 4.79 Å². The Balaban J connectivity index is 1.29. The molecular weight excluding hydrogens is 485 g/mol. The number of nitrogens with one attached hydrogen (secondary N) is 3. The van der Waals surface area contributed by atoms with Crippen LogP contribution in [-0.4, -0.2) is 28.9 Å². The van der Waals surface area contributed by atoms with Crippen LogP contribution in [0.2, 0.25) is 0 Å². The number of thioether (sulfide) groups is 1. The van der Waals surface area contributed by atoms with Gasteiger partial charge in [-0.1, -0.05) is 48.5 Å². The Morgan fingerprint density at radius 1 is 1.00 bits per heavy atom. The second-order valence-corrected chi connectivity index (χ2v) is 9.36. The number of hydrogen-bond acceptors (Lipinski definition) is 6. The van der Waals surface area contributed by atoms with Crippen molar-refractivity contribution in [2.45, 2.75) is 4.90 Å². The molecule has 3 N–H and O–H groups in total. The van der Waals surface area contributed by atoms with Crippen molar-refractivity contribution in [1.82, 2.24) is 4.98 Å². The Bertz CT molecular complexity index is 1280. The number of ether oxygens (including phenoxy) is 1. The number of nitrogens with zero attached hydrogens (tertiary/aromatic N) is 1. The van der Waals surface area contributed by atoms with Gasteiger partial charge in [-0.2, -0.15) is 0 Å². The van der Waals surface area contributed by atoms with Gasteiger partial charge < -0.3 is 20.7 Å². The number of carbonyl (C=O) groups is 1. The summed E-state index contributed by atoms with van der Waals surface area (Å²) in [7, 11) is 1.62. The molecule has 0 fully saturated rings. The number of benzene rings is 3. The second kappa shape index (κ2) is 11.6. The monoisotopic (exact) mass is 506 g/mol. The van der Waals surface area contributed by atoms with Crippen molar-refractivity contribution in [3.05, 3.63) is 84.2 Å². The van der Waals surface area contributed by atoms with Crippen LogP contribution >= 0.6 is 35.3 Å². The van der Waals surface area contributed by atoms with Crippen LogP contribution < -0.4 is 20.7 Å². The summed E-state index contributed by atoms with van der Waals surface area (Å²) in [6, 6.07) is 25.2. The zero-order valence-electron chi connectivity index (χ0n) is 18.3. The van der Waals surface area contributed by atoms with Gasteiger partial charge in [0.2, 0.25) is 5.91 Å². The molecule has 0 spiro atoms. The number of carbonyl (C=O) groups excluding carboxylic acids is 1. The first-order valence-corrected chi connectivity index (χ1v) is 12.6. The maximum atomic E-state index is 12.4. The van der Waals surface area contributed by atoms with E-state index in [2.05, 4.69) is 20.9 Å². The van der Waals surface area contributed by atoms with Crippen LogP contribution in [0.5, 0.6) is 5.75 Å². The fourth-order valence-electron chi connectivity index (χ4n) is 3.07. The van der Waals surface area contributed by atoms with E-state index in [0.717, 1.165) is 27.5 Å². The molecule has 1 aromatic heterocycles. The smallest absolute Gasteiger partial charge is 0.236 e.